The fourth-order valence-electron chi connectivity index (χ4n) is 2.66. The zero-order chi connectivity index (χ0) is 22.3. The summed E-state index contributed by atoms with van der Waals surface area (Å²) in [7, 11) is 0. The average molecular weight is 414 g/mol. The van der Waals surface area contributed by atoms with Crippen molar-refractivity contribution in [3.8, 4) is 0 Å². The van der Waals surface area contributed by atoms with Crippen molar-refractivity contribution >= 4 is 40.7 Å². The molecule has 1 aromatic carbocycles. The Kier molecular flexibility index (Phi) is 7.56. The third kappa shape index (κ3) is 5.84. The van der Waals surface area contributed by atoms with Crippen LogP contribution in [0.5, 0.6) is 0 Å². The number of hydrogen-bond donors (Lipinski definition) is 4. The normalized spacial score (nSPS) is 13.5. The smallest absolute Gasteiger partial charge is 0.305 e. The van der Waals surface area contributed by atoms with Crippen molar-refractivity contribution in [3.63, 3.8) is 0 Å². The molecule has 0 radical (unpaired) electrons. The molecule has 0 saturated carbocycles. The standard InChI is InChI=1S/C20H22N4O6/c1-11(18(28)22-12(2)19(29)24-14(10-25)9-16(26)27)23-20(30)17-15-6-4-3-5-13(15)7-8-21-17/h3-8,10-12,14H,9H2,1-2H3,(H,22,28)(H,23,30)(H,24,29)(H,26,27)/t11-,12-,14-/m0/s1. The van der Waals surface area contributed by atoms with E-state index in [0.29, 0.717) is 11.7 Å². The van der Waals surface area contributed by atoms with E-state index in [9.17, 15) is 24.0 Å². The molecule has 0 bridgehead atoms. The van der Waals surface area contributed by atoms with Gasteiger partial charge in [-0.05, 0) is 25.3 Å². The fraction of sp³-hybridized carbons (Fsp3) is 0.300. The number of fused-ring (bicyclic) bond motifs is 1. The molecule has 3 atom stereocenters. The maximum Gasteiger partial charge on any atom is 0.305 e. The summed E-state index contributed by atoms with van der Waals surface area (Å²) in [5, 5.41) is 17.3. The van der Waals surface area contributed by atoms with Gasteiger partial charge in [0.1, 0.15) is 24.1 Å². The van der Waals surface area contributed by atoms with Gasteiger partial charge in [-0.3, -0.25) is 24.2 Å². The van der Waals surface area contributed by atoms with Gasteiger partial charge in [-0.1, -0.05) is 24.3 Å². The van der Waals surface area contributed by atoms with Crippen LogP contribution in [0.2, 0.25) is 0 Å². The molecule has 4 N–H and O–H groups in total. The van der Waals surface area contributed by atoms with Crippen LogP contribution in [0, 0.1) is 0 Å². The number of hydrogen-bond acceptors (Lipinski definition) is 6. The Morgan fingerprint density at radius 3 is 2.30 bits per heavy atom. The van der Waals surface area contributed by atoms with Crippen LogP contribution in [0.25, 0.3) is 10.8 Å². The summed E-state index contributed by atoms with van der Waals surface area (Å²) in [5.41, 5.74) is 0.168. The second-order valence-electron chi connectivity index (χ2n) is 6.66. The van der Waals surface area contributed by atoms with Gasteiger partial charge in [-0.15, -0.1) is 0 Å². The summed E-state index contributed by atoms with van der Waals surface area (Å²) < 4.78 is 0. The highest BCUT2D eigenvalue weighted by atomic mass is 16.4. The van der Waals surface area contributed by atoms with E-state index in [1.165, 1.54) is 20.0 Å². The first-order valence-corrected chi connectivity index (χ1v) is 9.15. The summed E-state index contributed by atoms with van der Waals surface area (Å²) in [4.78, 5) is 62.6. The number of amides is 3. The number of carboxylic acids is 1. The molecule has 0 spiro atoms. The van der Waals surface area contributed by atoms with Crippen molar-refractivity contribution in [2.45, 2.75) is 38.4 Å². The van der Waals surface area contributed by atoms with E-state index >= 15 is 0 Å². The predicted octanol–water partition coefficient (Wildman–Crippen LogP) is 0.0162. The van der Waals surface area contributed by atoms with Crippen LogP contribution >= 0.6 is 0 Å². The highest BCUT2D eigenvalue weighted by molar-refractivity contribution is 6.06. The van der Waals surface area contributed by atoms with Gasteiger partial charge in [0.25, 0.3) is 5.91 Å². The first-order valence-electron chi connectivity index (χ1n) is 9.15. The maximum absolute atomic E-state index is 12.6. The Labute approximate surface area is 172 Å². The molecule has 30 heavy (non-hydrogen) atoms. The largest absolute Gasteiger partial charge is 0.481 e. The molecule has 10 nitrogen and oxygen atoms in total. The van der Waals surface area contributed by atoms with Crippen LogP contribution in [-0.4, -0.2) is 58.2 Å². The molecule has 10 heteroatoms. The summed E-state index contributed by atoms with van der Waals surface area (Å²) in [6.07, 6.45) is 1.23. The molecule has 158 valence electrons. The summed E-state index contributed by atoms with van der Waals surface area (Å²) in [6, 6.07) is 5.71. The first-order chi connectivity index (χ1) is 14.2. The number of benzene rings is 1. The van der Waals surface area contributed by atoms with Crippen molar-refractivity contribution in [2.75, 3.05) is 0 Å². The lowest BCUT2D eigenvalue weighted by Gasteiger charge is -2.19. The number of pyridine rings is 1. The van der Waals surface area contributed by atoms with Crippen LogP contribution < -0.4 is 16.0 Å². The number of aromatic nitrogens is 1. The minimum absolute atomic E-state index is 0.168. The Balaban J connectivity index is 1.96. The SMILES string of the molecule is C[C@H](NC(=O)c1nccc2ccccc12)C(=O)N[C@@H](C)C(=O)N[C@H](C=O)CC(=O)O. The number of carbonyl (C=O) groups excluding carboxylic acids is 4. The van der Waals surface area contributed by atoms with Crippen LogP contribution in [0.15, 0.2) is 36.5 Å². The first kappa shape index (κ1) is 22.5. The molecular weight excluding hydrogens is 392 g/mol. The molecule has 0 aliphatic carbocycles. The third-order valence-electron chi connectivity index (χ3n) is 4.27. The number of aliphatic carboxylic acids is 1. The maximum atomic E-state index is 12.6. The van der Waals surface area contributed by atoms with Gasteiger partial charge in [0.2, 0.25) is 11.8 Å². The van der Waals surface area contributed by atoms with E-state index in [-0.39, 0.29) is 5.69 Å². The average Bonchev–Trinajstić information content (AvgIpc) is 2.72. The van der Waals surface area contributed by atoms with Crippen molar-refractivity contribution in [1.82, 2.24) is 20.9 Å². The number of carbonyl (C=O) groups is 5. The van der Waals surface area contributed by atoms with Gasteiger partial charge in [0, 0.05) is 11.6 Å². The minimum atomic E-state index is -1.25. The summed E-state index contributed by atoms with van der Waals surface area (Å²) in [5.74, 6) is -3.15. The summed E-state index contributed by atoms with van der Waals surface area (Å²) >= 11 is 0. The monoisotopic (exact) mass is 414 g/mol. The highest BCUT2D eigenvalue weighted by Gasteiger charge is 2.24. The van der Waals surface area contributed by atoms with Gasteiger partial charge >= 0.3 is 5.97 Å². The number of aldehydes is 1. The Morgan fingerprint density at radius 2 is 1.63 bits per heavy atom. The van der Waals surface area contributed by atoms with Gasteiger partial charge in [-0.2, -0.15) is 0 Å². The molecule has 0 saturated heterocycles. The summed E-state index contributed by atoms with van der Waals surface area (Å²) in [6.45, 7) is 2.82. The number of nitrogens with zero attached hydrogens (tertiary/aromatic N) is 1. The molecule has 0 aliphatic heterocycles. The fourth-order valence-corrected chi connectivity index (χ4v) is 2.66. The van der Waals surface area contributed by atoms with Crippen LogP contribution in [-0.2, 0) is 19.2 Å². The lowest BCUT2D eigenvalue weighted by atomic mass is 10.1. The molecule has 3 amide bonds. The Hall–Kier alpha value is -3.82. The second kappa shape index (κ2) is 10.1. The molecule has 1 heterocycles. The molecule has 0 unspecified atom stereocenters. The molecule has 0 aliphatic rings. The minimum Gasteiger partial charge on any atom is -0.481 e. The number of rotatable bonds is 9. The molecule has 2 aromatic rings. The van der Waals surface area contributed by atoms with Crippen LogP contribution in [0.1, 0.15) is 30.8 Å². The zero-order valence-electron chi connectivity index (χ0n) is 16.4. The van der Waals surface area contributed by atoms with Gasteiger partial charge in [0.05, 0.1) is 12.5 Å². The van der Waals surface area contributed by atoms with Crippen molar-refractivity contribution in [2.24, 2.45) is 0 Å². The number of nitrogens with one attached hydrogen (secondary N) is 3. The molecule has 0 fully saturated rings. The van der Waals surface area contributed by atoms with Gasteiger partial charge in [-0.25, -0.2) is 0 Å². The third-order valence-corrected chi connectivity index (χ3v) is 4.27. The van der Waals surface area contributed by atoms with Gasteiger partial charge < -0.3 is 25.9 Å². The van der Waals surface area contributed by atoms with Crippen LogP contribution in [0.3, 0.4) is 0 Å². The van der Waals surface area contributed by atoms with E-state index < -0.39 is 48.2 Å². The number of carboxylic acid groups (broad SMARTS) is 1. The lowest BCUT2D eigenvalue weighted by molar-refractivity contribution is -0.139. The second-order valence-corrected chi connectivity index (χ2v) is 6.66. The topological polar surface area (TPSA) is 155 Å². The van der Waals surface area contributed by atoms with E-state index in [2.05, 4.69) is 20.9 Å². The van der Waals surface area contributed by atoms with Crippen molar-refractivity contribution in [1.29, 1.82) is 0 Å². The van der Waals surface area contributed by atoms with Crippen molar-refractivity contribution < 1.29 is 29.1 Å². The highest BCUT2D eigenvalue weighted by Crippen LogP contribution is 2.16. The molecular formula is C20H22N4O6. The molecule has 2 rings (SSSR count). The van der Waals surface area contributed by atoms with Crippen LogP contribution in [0.4, 0.5) is 0 Å². The Morgan fingerprint density at radius 1 is 1.00 bits per heavy atom. The van der Waals surface area contributed by atoms with E-state index in [1.54, 1.807) is 18.2 Å². The van der Waals surface area contributed by atoms with E-state index in [1.807, 2.05) is 12.1 Å². The Bertz CT molecular complexity index is 971. The van der Waals surface area contributed by atoms with E-state index in [0.717, 1.165) is 5.39 Å². The molecule has 1 aromatic heterocycles. The van der Waals surface area contributed by atoms with Gasteiger partial charge in [0.15, 0.2) is 0 Å². The lowest BCUT2D eigenvalue weighted by Crippen LogP contribution is -2.53. The predicted molar refractivity (Wildman–Crippen MR) is 107 cm³/mol. The van der Waals surface area contributed by atoms with Crippen molar-refractivity contribution in [3.05, 3.63) is 42.2 Å². The zero-order valence-corrected chi connectivity index (χ0v) is 16.4. The van der Waals surface area contributed by atoms with E-state index in [4.69, 9.17) is 5.11 Å². The quantitative estimate of drug-likeness (QED) is 0.422.